The number of para-hydroxylation sites is 1. The summed E-state index contributed by atoms with van der Waals surface area (Å²) in [5.74, 6) is -0.901. The SMILES string of the molecule is O=C(Nc1ccccc1F)c1nc(-c2ccc(Br)cc2)n(-c2ccc(Cl)c(Cl)c2)n1. The van der Waals surface area contributed by atoms with Crippen LogP contribution in [0.1, 0.15) is 10.6 Å². The minimum Gasteiger partial charge on any atom is -0.317 e. The number of hydrogen-bond acceptors (Lipinski definition) is 3. The van der Waals surface area contributed by atoms with Crippen molar-refractivity contribution in [1.29, 1.82) is 0 Å². The normalized spacial score (nSPS) is 10.8. The van der Waals surface area contributed by atoms with Crippen molar-refractivity contribution in [3.63, 3.8) is 0 Å². The molecule has 0 radical (unpaired) electrons. The van der Waals surface area contributed by atoms with E-state index in [1.165, 1.54) is 22.9 Å². The fourth-order valence-corrected chi connectivity index (χ4v) is 3.29. The number of halogens is 4. The summed E-state index contributed by atoms with van der Waals surface area (Å²) in [7, 11) is 0. The molecule has 0 aliphatic heterocycles. The largest absolute Gasteiger partial charge is 0.317 e. The van der Waals surface area contributed by atoms with Crippen LogP contribution in [0.4, 0.5) is 10.1 Å². The third kappa shape index (κ3) is 4.23. The van der Waals surface area contributed by atoms with Gasteiger partial charge in [-0.15, -0.1) is 5.10 Å². The molecule has 4 aromatic rings. The van der Waals surface area contributed by atoms with Gasteiger partial charge in [-0.1, -0.05) is 63.4 Å². The molecule has 1 aromatic heterocycles. The number of rotatable bonds is 4. The zero-order valence-corrected chi connectivity index (χ0v) is 18.2. The number of anilines is 1. The van der Waals surface area contributed by atoms with Crippen LogP contribution in [0, 0.1) is 5.82 Å². The third-order valence-electron chi connectivity index (χ3n) is 4.18. The highest BCUT2D eigenvalue weighted by molar-refractivity contribution is 9.10. The van der Waals surface area contributed by atoms with Gasteiger partial charge in [0.1, 0.15) is 5.82 Å². The summed E-state index contributed by atoms with van der Waals surface area (Å²) in [6.07, 6.45) is 0. The Hall–Kier alpha value is -2.74. The summed E-state index contributed by atoms with van der Waals surface area (Å²) in [5, 5.41) is 7.55. The Morgan fingerprint density at radius 3 is 2.43 bits per heavy atom. The first-order valence-corrected chi connectivity index (χ1v) is 10.2. The van der Waals surface area contributed by atoms with Crippen LogP contribution in [0.3, 0.4) is 0 Å². The highest BCUT2D eigenvalue weighted by Crippen LogP contribution is 2.28. The number of aromatic nitrogens is 3. The standard InChI is InChI=1S/C21H12BrCl2FN4O/c22-13-7-5-12(6-8-13)20-27-19(21(30)26-18-4-2-1-3-17(18)25)28-29(20)14-9-10-15(23)16(24)11-14/h1-11H,(H,26,30). The minimum absolute atomic E-state index is 0.0404. The Balaban J connectivity index is 1.79. The van der Waals surface area contributed by atoms with Crippen molar-refractivity contribution in [3.05, 3.63) is 92.9 Å². The van der Waals surface area contributed by atoms with E-state index in [1.54, 1.807) is 24.3 Å². The van der Waals surface area contributed by atoms with Gasteiger partial charge in [-0.2, -0.15) is 0 Å². The summed E-state index contributed by atoms with van der Waals surface area (Å²) >= 11 is 15.6. The first-order chi connectivity index (χ1) is 14.4. The summed E-state index contributed by atoms with van der Waals surface area (Å²) in [5.41, 5.74) is 1.33. The first kappa shape index (κ1) is 20.5. The van der Waals surface area contributed by atoms with Crippen LogP contribution in [0.25, 0.3) is 17.1 Å². The second-order valence-electron chi connectivity index (χ2n) is 6.21. The molecule has 1 heterocycles. The van der Waals surface area contributed by atoms with Crippen LogP contribution in [-0.2, 0) is 0 Å². The molecule has 0 saturated carbocycles. The van der Waals surface area contributed by atoms with Crippen molar-refractivity contribution >= 4 is 50.7 Å². The molecular weight excluding hydrogens is 494 g/mol. The van der Waals surface area contributed by atoms with Crippen LogP contribution >= 0.6 is 39.1 Å². The van der Waals surface area contributed by atoms with Gasteiger partial charge in [-0.25, -0.2) is 14.1 Å². The van der Waals surface area contributed by atoms with Crippen LogP contribution < -0.4 is 5.32 Å². The molecule has 4 rings (SSSR count). The van der Waals surface area contributed by atoms with E-state index in [2.05, 4.69) is 31.3 Å². The van der Waals surface area contributed by atoms with Crippen LogP contribution in [-0.4, -0.2) is 20.7 Å². The fraction of sp³-hybridized carbons (Fsp3) is 0. The molecule has 0 bridgehead atoms. The van der Waals surface area contributed by atoms with Gasteiger partial charge in [-0.3, -0.25) is 4.79 Å². The number of hydrogen-bond donors (Lipinski definition) is 1. The number of nitrogens with one attached hydrogen (secondary N) is 1. The quantitative estimate of drug-likeness (QED) is 0.349. The predicted octanol–water partition coefficient (Wildman–Crippen LogP) is 6.40. The van der Waals surface area contributed by atoms with Gasteiger partial charge in [0.25, 0.3) is 5.91 Å². The van der Waals surface area contributed by atoms with Gasteiger partial charge in [0.2, 0.25) is 5.82 Å². The van der Waals surface area contributed by atoms with Gasteiger partial charge < -0.3 is 5.32 Å². The molecule has 0 spiro atoms. The van der Waals surface area contributed by atoms with Gasteiger partial charge >= 0.3 is 0 Å². The molecule has 1 amide bonds. The van der Waals surface area contributed by atoms with Crippen molar-refractivity contribution in [2.45, 2.75) is 0 Å². The van der Waals surface area contributed by atoms with Crippen LogP contribution in [0.2, 0.25) is 10.0 Å². The number of carbonyl (C=O) groups is 1. The van der Waals surface area contributed by atoms with Gasteiger partial charge in [-0.05, 0) is 42.5 Å². The average molecular weight is 506 g/mol. The molecule has 9 heteroatoms. The number of nitrogens with zero attached hydrogens (tertiary/aromatic N) is 3. The Morgan fingerprint density at radius 2 is 1.73 bits per heavy atom. The smallest absolute Gasteiger partial charge is 0.295 e. The molecule has 5 nitrogen and oxygen atoms in total. The van der Waals surface area contributed by atoms with Crippen molar-refractivity contribution in [2.75, 3.05) is 5.32 Å². The highest BCUT2D eigenvalue weighted by atomic mass is 79.9. The molecule has 150 valence electrons. The van der Waals surface area contributed by atoms with E-state index in [0.717, 1.165) is 10.0 Å². The zero-order valence-electron chi connectivity index (χ0n) is 15.1. The molecule has 0 aliphatic carbocycles. The van der Waals surface area contributed by atoms with Crippen molar-refractivity contribution < 1.29 is 9.18 Å². The van der Waals surface area contributed by atoms with E-state index in [-0.39, 0.29) is 11.5 Å². The second kappa shape index (κ2) is 8.55. The predicted molar refractivity (Wildman–Crippen MR) is 119 cm³/mol. The number of carbonyl (C=O) groups excluding carboxylic acids is 1. The fourth-order valence-electron chi connectivity index (χ4n) is 2.73. The van der Waals surface area contributed by atoms with Crippen molar-refractivity contribution in [1.82, 2.24) is 14.8 Å². The molecule has 3 aromatic carbocycles. The van der Waals surface area contributed by atoms with E-state index in [0.29, 0.717) is 21.6 Å². The van der Waals surface area contributed by atoms with Crippen molar-refractivity contribution in [3.8, 4) is 17.1 Å². The Morgan fingerprint density at radius 1 is 1.00 bits per heavy atom. The molecule has 0 unspecified atom stereocenters. The maximum Gasteiger partial charge on any atom is 0.295 e. The van der Waals surface area contributed by atoms with E-state index < -0.39 is 11.7 Å². The topological polar surface area (TPSA) is 59.8 Å². The number of benzene rings is 3. The van der Waals surface area contributed by atoms with Crippen molar-refractivity contribution in [2.24, 2.45) is 0 Å². The van der Waals surface area contributed by atoms with E-state index >= 15 is 0 Å². The zero-order chi connectivity index (χ0) is 21.3. The Kier molecular flexibility index (Phi) is 5.85. The second-order valence-corrected chi connectivity index (χ2v) is 7.94. The monoisotopic (exact) mass is 504 g/mol. The summed E-state index contributed by atoms with van der Waals surface area (Å²) in [6, 6.07) is 18.2. The number of amides is 1. The first-order valence-electron chi connectivity index (χ1n) is 8.66. The van der Waals surface area contributed by atoms with Gasteiger partial charge in [0.15, 0.2) is 5.82 Å². The summed E-state index contributed by atoms with van der Waals surface area (Å²) < 4.78 is 16.3. The molecule has 1 N–H and O–H groups in total. The maximum atomic E-state index is 13.9. The van der Waals surface area contributed by atoms with E-state index in [9.17, 15) is 9.18 Å². The van der Waals surface area contributed by atoms with Gasteiger partial charge in [0, 0.05) is 10.0 Å². The molecular formula is C21H12BrCl2FN4O. The Bertz CT molecular complexity index is 1240. The van der Waals surface area contributed by atoms with Crippen LogP contribution in [0.5, 0.6) is 0 Å². The average Bonchev–Trinajstić information content (AvgIpc) is 3.18. The van der Waals surface area contributed by atoms with Gasteiger partial charge in [0.05, 0.1) is 21.4 Å². The minimum atomic E-state index is -0.641. The molecule has 0 aliphatic rings. The lowest BCUT2D eigenvalue weighted by atomic mass is 10.2. The Labute approximate surface area is 189 Å². The van der Waals surface area contributed by atoms with E-state index in [4.69, 9.17) is 23.2 Å². The molecule has 0 saturated heterocycles. The van der Waals surface area contributed by atoms with Crippen LogP contribution in [0.15, 0.2) is 71.2 Å². The molecule has 0 atom stereocenters. The highest BCUT2D eigenvalue weighted by Gasteiger charge is 2.20. The molecule has 30 heavy (non-hydrogen) atoms. The summed E-state index contributed by atoms with van der Waals surface area (Å²) in [4.78, 5) is 17.1. The van der Waals surface area contributed by atoms with E-state index in [1.807, 2.05) is 24.3 Å². The summed E-state index contributed by atoms with van der Waals surface area (Å²) in [6.45, 7) is 0. The maximum absolute atomic E-state index is 13.9. The lowest BCUT2D eigenvalue weighted by Crippen LogP contribution is -2.15. The molecule has 0 fully saturated rings. The lowest BCUT2D eigenvalue weighted by molar-refractivity contribution is 0.101. The lowest BCUT2D eigenvalue weighted by Gasteiger charge is -2.07. The third-order valence-corrected chi connectivity index (χ3v) is 5.45.